The monoisotopic (exact) mass is 185 g/mol. The van der Waals surface area contributed by atoms with Gasteiger partial charge in [0.05, 0.1) is 0 Å². The van der Waals surface area contributed by atoms with Crippen molar-refractivity contribution in [2.45, 2.75) is 13.8 Å². The molecule has 2 nitrogen and oxygen atoms in total. The maximum absolute atomic E-state index is 4.73. The first-order chi connectivity index (χ1) is 3.30. The van der Waals surface area contributed by atoms with E-state index in [4.69, 9.17) is 4.42 Å². The molecule has 8 heavy (non-hydrogen) atoms. The Hall–Kier alpha value is 0.314. The maximum atomic E-state index is 4.73. The molecule has 0 N–H and O–H groups in total. The van der Waals surface area contributed by atoms with E-state index in [9.17, 15) is 0 Å². The molecule has 1 aromatic heterocycles. The van der Waals surface area contributed by atoms with Gasteiger partial charge in [-0.15, -0.1) is 0 Å². The predicted molar refractivity (Wildman–Crippen MR) is 24.8 cm³/mol. The summed E-state index contributed by atoms with van der Waals surface area (Å²) in [5.74, 6) is 0.847. The minimum Gasteiger partial charge on any atom is -0.578 e. The Bertz CT molecular complexity index is 145. The molecular formula is C5H6NOY-. The third-order valence-electron chi connectivity index (χ3n) is 0.922. The summed E-state index contributed by atoms with van der Waals surface area (Å²) in [5.41, 5.74) is 0.917. The SMILES string of the molecule is Cc1n[c-]oc1C.[Y]. The van der Waals surface area contributed by atoms with E-state index in [0.717, 1.165) is 11.5 Å². The molecule has 3 heteroatoms. The number of aromatic nitrogens is 1. The third-order valence-corrected chi connectivity index (χ3v) is 0.922. The normalized spacial score (nSPS) is 8.25. The number of aryl methyl sites for hydroxylation is 2. The summed E-state index contributed by atoms with van der Waals surface area (Å²) in [5, 5.41) is 0. The second-order valence-electron chi connectivity index (χ2n) is 1.45. The molecule has 0 saturated heterocycles. The van der Waals surface area contributed by atoms with Crippen LogP contribution in [0.4, 0.5) is 0 Å². The topological polar surface area (TPSA) is 26.0 Å². The fourth-order valence-corrected chi connectivity index (χ4v) is 0.312. The van der Waals surface area contributed by atoms with Gasteiger partial charge < -0.3 is 9.40 Å². The van der Waals surface area contributed by atoms with Crippen LogP contribution in [0, 0.1) is 20.2 Å². The fourth-order valence-electron chi connectivity index (χ4n) is 0.312. The molecule has 0 amide bonds. The van der Waals surface area contributed by atoms with E-state index in [2.05, 4.69) is 11.4 Å². The minimum absolute atomic E-state index is 0. The molecule has 0 atom stereocenters. The van der Waals surface area contributed by atoms with Crippen molar-refractivity contribution < 1.29 is 37.1 Å². The molecule has 1 rings (SSSR count). The summed E-state index contributed by atoms with van der Waals surface area (Å²) < 4.78 is 4.73. The van der Waals surface area contributed by atoms with E-state index in [1.807, 2.05) is 13.8 Å². The van der Waals surface area contributed by atoms with Gasteiger partial charge in [0.2, 0.25) is 0 Å². The molecule has 0 aliphatic carbocycles. The van der Waals surface area contributed by atoms with Crippen LogP contribution in [0.2, 0.25) is 0 Å². The minimum atomic E-state index is 0. The summed E-state index contributed by atoms with van der Waals surface area (Å²) in [7, 11) is 0. The summed E-state index contributed by atoms with van der Waals surface area (Å²) in [6.45, 7) is 3.74. The molecule has 1 aromatic rings. The zero-order valence-corrected chi connectivity index (χ0v) is 7.77. The van der Waals surface area contributed by atoms with Crippen LogP contribution >= 0.6 is 0 Å². The van der Waals surface area contributed by atoms with Crippen molar-refractivity contribution in [2.24, 2.45) is 0 Å². The Morgan fingerprint density at radius 3 is 2.25 bits per heavy atom. The van der Waals surface area contributed by atoms with Crippen LogP contribution in [0.3, 0.4) is 0 Å². The number of hydrogen-bond acceptors (Lipinski definition) is 2. The molecule has 0 aromatic carbocycles. The van der Waals surface area contributed by atoms with Crippen LogP contribution in [0.25, 0.3) is 0 Å². The second kappa shape index (κ2) is 3.36. The Kier molecular flexibility index (Phi) is 3.49. The molecule has 0 unspecified atom stereocenters. The van der Waals surface area contributed by atoms with E-state index in [0.29, 0.717) is 0 Å². The summed E-state index contributed by atoms with van der Waals surface area (Å²) in [6.07, 6.45) is 2.37. The van der Waals surface area contributed by atoms with Crippen LogP contribution in [0.15, 0.2) is 4.42 Å². The van der Waals surface area contributed by atoms with Gasteiger partial charge in [0.25, 0.3) is 0 Å². The quantitative estimate of drug-likeness (QED) is 0.565. The number of hydrogen-bond donors (Lipinski definition) is 0. The largest absolute Gasteiger partial charge is 0.578 e. The Morgan fingerprint density at radius 2 is 2.12 bits per heavy atom. The van der Waals surface area contributed by atoms with E-state index in [1.54, 1.807) is 0 Å². The number of rotatable bonds is 0. The van der Waals surface area contributed by atoms with Crippen LogP contribution in [-0.2, 0) is 32.7 Å². The Morgan fingerprint density at radius 1 is 1.50 bits per heavy atom. The summed E-state index contributed by atoms with van der Waals surface area (Å²) >= 11 is 0. The molecule has 1 heterocycles. The van der Waals surface area contributed by atoms with Gasteiger partial charge in [-0.05, 0) is 5.76 Å². The summed E-state index contributed by atoms with van der Waals surface area (Å²) in [4.78, 5) is 3.72. The van der Waals surface area contributed by atoms with Crippen molar-refractivity contribution in [1.82, 2.24) is 4.98 Å². The van der Waals surface area contributed by atoms with Crippen LogP contribution in [0.5, 0.6) is 0 Å². The van der Waals surface area contributed by atoms with Crippen LogP contribution in [0.1, 0.15) is 11.5 Å². The predicted octanol–water partition coefficient (Wildman–Crippen LogP) is 1.09. The molecule has 0 aliphatic heterocycles. The fraction of sp³-hybridized carbons (Fsp3) is 0.400. The van der Waals surface area contributed by atoms with Gasteiger partial charge in [-0.2, -0.15) is 0 Å². The average molecular weight is 185 g/mol. The average Bonchev–Trinajstić information content (AvgIpc) is 1.91. The first-order valence-electron chi connectivity index (χ1n) is 2.11. The van der Waals surface area contributed by atoms with Crippen LogP contribution in [-0.4, -0.2) is 4.98 Å². The van der Waals surface area contributed by atoms with Gasteiger partial charge in [-0.1, -0.05) is 19.5 Å². The van der Waals surface area contributed by atoms with Gasteiger partial charge in [-0.25, -0.2) is 0 Å². The second-order valence-corrected chi connectivity index (χ2v) is 1.45. The zero-order chi connectivity index (χ0) is 5.28. The van der Waals surface area contributed by atoms with E-state index >= 15 is 0 Å². The van der Waals surface area contributed by atoms with Gasteiger partial charge in [-0.3, -0.25) is 0 Å². The maximum Gasteiger partial charge on any atom is 0.102 e. The zero-order valence-electron chi connectivity index (χ0n) is 4.93. The molecule has 0 saturated carbocycles. The van der Waals surface area contributed by atoms with Crippen molar-refractivity contribution in [1.29, 1.82) is 0 Å². The molecular weight excluding hydrogens is 179 g/mol. The van der Waals surface area contributed by atoms with E-state index in [1.165, 1.54) is 0 Å². The van der Waals surface area contributed by atoms with E-state index in [-0.39, 0.29) is 32.7 Å². The molecule has 1 radical (unpaired) electrons. The van der Waals surface area contributed by atoms with Crippen molar-refractivity contribution in [2.75, 3.05) is 0 Å². The standard InChI is InChI=1S/C5H6NO.Y/c1-4-5(2)7-3-6-4;/h1-2H3;/q-1;. The Balaban J connectivity index is 0.000000490. The van der Waals surface area contributed by atoms with Crippen LogP contribution < -0.4 is 0 Å². The van der Waals surface area contributed by atoms with Gasteiger partial charge in [0, 0.05) is 32.7 Å². The Labute approximate surface area is 73.6 Å². The van der Waals surface area contributed by atoms with Gasteiger partial charge >= 0.3 is 0 Å². The van der Waals surface area contributed by atoms with Gasteiger partial charge in [0.15, 0.2) is 0 Å². The third kappa shape index (κ3) is 1.68. The number of oxazole rings is 1. The molecule has 0 aliphatic rings. The summed E-state index contributed by atoms with van der Waals surface area (Å²) in [6, 6.07) is 0. The molecule has 41 valence electrons. The molecule has 0 spiro atoms. The first-order valence-corrected chi connectivity index (χ1v) is 2.11. The molecule has 0 bridgehead atoms. The smallest absolute Gasteiger partial charge is 0.102 e. The van der Waals surface area contributed by atoms with Crippen molar-refractivity contribution in [3.8, 4) is 0 Å². The first kappa shape index (κ1) is 8.31. The van der Waals surface area contributed by atoms with E-state index < -0.39 is 0 Å². The van der Waals surface area contributed by atoms with Crippen molar-refractivity contribution >= 4 is 0 Å². The van der Waals surface area contributed by atoms with Gasteiger partial charge in [0.1, 0.15) is 6.39 Å². The number of nitrogens with zero attached hydrogens (tertiary/aromatic N) is 1. The van der Waals surface area contributed by atoms with Crippen molar-refractivity contribution in [3.05, 3.63) is 17.8 Å². The molecule has 0 fully saturated rings. The van der Waals surface area contributed by atoms with Crippen molar-refractivity contribution in [3.63, 3.8) is 0 Å².